The van der Waals surface area contributed by atoms with Gasteiger partial charge in [-0.25, -0.2) is 29.9 Å². The van der Waals surface area contributed by atoms with Crippen molar-refractivity contribution in [2.45, 2.75) is 0 Å². The molecule has 0 radical (unpaired) electrons. The fourth-order valence-electron chi connectivity index (χ4n) is 19.1. The molecule has 0 spiro atoms. The molecule has 0 saturated heterocycles. The first kappa shape index (κ1) is 78.6. The van der Waals surface area contributed by atoms with Gasteiger partial charge in [-0.05, 0) is 239 Å². The van der Waals surface area contributed by atoms with Crippen LogP contribution >= 0.6 is 0 Å². The molecule has 0 aliphatic rings. The first-order chi connectivity index (χ1) is 71.4. The predicted octanol–water partition coefficient (Wildman–Crippen LogP) is 33.8. The highest BCUT2D eigenvalue weighted by molar-refractivity contribution is 6.26. The molecule has 140 heavy (non-hydrogen) atoms. The van der Waals surface area contributed by atoms with Crippen LogP contribution in [0.25, 0.3) is 255 Å². The molecule has 26 aromatic rings. The molecular formula is C131H85N9. The van der Waals surface area contributed by atoms with Crippen LogP contribution in [0.4, 0.5) is 0 Å². The molecule has 9 heteroatoms. The number of hydrogen-bond acceptors (Lipinski definition) is 9. The van der Waals surface area contributed by atoms with Crippen LogP contribution in [0.5, 0.6) is 0 Å². The van der Waals surface area contributed by atoms with E-state index in [2.05, 4.69) is 373 Å². The number of fused-ring (bicyclic) bond motifs is 12. The quantitative estimate of drug-likeness (QED) is 0.0925. The zero-order valence-electron chi connectivity index (χ0n) is 80.7. The Morgan fingerprint density at radius 1 is 0.143 bits per heavy atom. The highest BCUT2D eigenvalue weighted by Gasteiger charge is 2.21. The molecule has 20 aromatic carbocycles. The van der Waals surface area contributed by atoms with Crippen LogP contribution in [0.3, 0.4) is 0 Å². The van der Waals surface area contributed by atoms with Crippen LogP contribution in [-0.2, 0) is 0 Å². The van der Waals surface area contributed by atoms with E-state index in [1.807, 2.05) is 103 Å². The lowest BCUT2D eigenvalue weighted by Gasteiger charge is -2.14. The van der Waals surface area contributed by atoms with Crippen molar-refractivity contribution in [2.24, 2.45) is 0 Å². The van der Waals surface area contributed by atoms with Crippen molar-refractivity contribution in [1.82, 2.24) is 44.9 Å². The van der Waals surface area contributed by atoms with Gasteiger partial charge in [-0.3, -0.25) is 15.0 Å². The fourth-order valence-corrected chi connectivity index (χ4v) is 19.1. The third-order valence-corrected chi connectivity index (χ3v) is 26.1. The van der Waals surface area contributed by atoms with Crippen molar-refractivity contribution < 1.29 is 6.85 Å². The van der Waals surface area contributed by atoms with Gasteiger partial charge in [0.1, 0.15) is 0 Å². The maximum atomic E-state index is 8.62. The Balaban J connectivity index is 0.000000117. The summed E-state index contributed by atoms with van der Waals surface area (Å²) in [6.07, 6.45) is 10.9. The smallest absolute Gasteiger partial charge is 0.161 e. The highest BCUT2D eigenvalue weighted by atomic mass is 14.9. The molecular weight excluding hydrogens is 1700 g/mol. The summed E-state index contributed by atoms with van der Waals surface area (Å²) >= 11 is 0. The number of pyridine rings is 3. The number of hydrogen-bond donors (Lipinski definition) is 0. The Hall–Kier alpha value is -18.8. The zero-order chi connectivity index (χ0) is 97.4. The summed E-state index contributed by atoms with van der Waals surface area (Å²) in [5, 5.41) is 19.3. The van der Waals surface area contributed by atoms with Gasteiger partial charge in [0.2, 0.25) is 0 Å². The predicted molar refractivity (Wildman–Crippen MR) is 581 cm³/mol. The summed E-state index contributed by atoms with van der Waals surface area (Å²) in [5.41, 5.74) is 25.2. The molecule has 0 unspecified atom stereocenters. The van der Waals surface area contributed by atoms with Crippen molar-refractivity contribution >= 4 is 86.2 Å². The Kier molecular flexibility index (Phi) is 21.1. The van der Waals surface area contributed by atoms with Crippen LogP contribution in [-0.4, -0.2) is 44.9 Å². The van der Waals surface area contributed by atoms with Gasteiger partial charge in [0, 0.05) is 104 Å². The van der Waals surface area contributed by atoms with Crippen molar-refractivity contribution in [3.05, 3.63) is 516 Å². The van der Waals surface area contributed by atoms with Gasteiger partial charge in [-0.15, -0.1) is 0 Å². The van der Waals surface area contributed by atoms with Crippen molar-refractivity contribution in [3.8, 4) is 168 Å². The second kappa shape index (κ2) is 37.6. The fraction of sp³-hybridized carbons (Fsp3) is 0. The zero-order valence-corrected chi connectivity index (χ0v) is 75.7. The van der Waals surface area contributed by atoms with E-state index in [-0.39, 0.29) is 23.5 Å². The van der Waals surface area contributed by atoms with Gasteiger partial charge in [0.25, 0.3) is 0 Å². The lowest BCUT2D eigenvalue weighted by molar-refractivity contribution is 1.18. The third kappa shape index (κ3) is 17.3. The summed E-state index contributed by atoms with van der Waals surface area (Å²) in [7, 11) is 0. The van der Waals surface area contributed by atoms with E-state index in [1.165, 1.54) is 81.1 Å². The average Bonchev–Trinajstić information content (AvgIpc) is 0.740. The standard InChI is InChI=1S/C49H31N3.C45H29N3.C37H25N3/c1-2-11-33-26-36(22-21-32(33)10-1)34-12-7-14-37(27-34)47-30-48(38-15-8-13-35(28-38)40-16-9-25-50-31-40)52-49(51-47)39-23-24-45-43-19-4-3-17-41(43)42-18-5-6-20-44(42)46(45)29-39;1-2-11-31-24-34(22-21-30(31)10-1)32-13-7-15-36(25-32)43-28-44(37-16-8-14-33(26-37)38-17-9-23-46-29-38)48-45(47-43)42-27-35-12-3-4-18-39(35)40-19-5-6-20-41(40)42;1-2-10-27(11-3-1)37-39-35(24-36(40-37)33-16-7-14-30(23-33)34-17-8-20-38-25-34)32-15-6-13-29(22-32)31-19-18-26-9-4-5-12-28(26)21-31/h1-31H;1-29H;1-25H/i;;1D,2D,3D,10D,11D. The van der Waals surface area contributed by atoms with Crippen molar-refractivity contribution in [2.75, 3.05) is 0 Å². The third-order valence-electron chi connectivity index (χ3n) is 26.1. The molecule has 0 saturated carbocycles. The second-order valence-corrected chi connectivity index (χ2v) is 34.8. The Labute approximate surface area is 817 Å². The second-order valence-electron chi connectivity index (χ2n) is 34.8. The van der Waals surface area contributed by atoms with E-state index in [0.29, 0.717) is 23.0 Å². The minimum absolute atomic E-state index is 0.0433. The molecule has 0 bridgehead atoms. The van der Waals surface area contributed by atoms with Gasteiger partial charge >= 0.3 is 0 Å². The van der Waals surface area contributed by atoms with Crippen molar-refractivity contribution in [1.29, 1.82) is 0 Å². The van der Waals surface area contributed by atoms with E-state index in [9.17, 15) is 0 Å². The highest BCUT2D eigenvalue weighted by Crippen LogP contribution is 2.43. The molecule has 9 nitrogen and oxygen atoms in total. The topological polar surface area (TPSA) is 116 Å². The number of benzene rings is 20. The maximum Gasteiger partial charge on any atom is 0.161 e. The lowest BCUT2D eigenvalue weighted by Crippen LogP contribution is -1.97. The van der Waals surface area contributed by atoms with Gasteiger partial charge in [0.15, 0.2) is 17.5 Å². The molecule has 6 heterocycles. The van der Waals surface area contributed by atoms with E-state index in [1.54, 1.807) is 24.8 Å². The first-order valence-electron chi connectivity index (χ1n) is 49.2. The van der Waals surface area contributed by atoms with Crippen LogP contribution in [0.1, 0.15) is 6.85 Å². The lowest BCUT2D eigenvalue weighted by atomic mass is 9.93. The van der Waals surface area contributed by atoms with Gasteiger partial charge < -0.3 is 0 Å². The molecule has 0 atom stereocenters. The molecule has 0 fully saturated rings. The van der Waals surface area contributed by atoms with Crippen LogP contribution in [0.15, 0.2) is 516 Å². The number of rotatable bonds is 15. The summed E-state index contributed by atoms with van der Waals surface area (Å²) < 4.78 is 41.8. The summed E-state index contributed by atoms with van der Waals surface area (Å²) in [4.78, 5) is 43.7. The SMILES string of the molecule is [2H]c1c([2H])c([2H])c(-c2nc(-c3cccc(-c4cccnc4)c3)cc(-c3cccc(-c4ccc5ccccc5c4)c3)n2)c([2H])c1[2H].c1cncc(-c2cccc(-c3cc(-c4cccc(-c5ccc6ccccc6c5)c4)nc(-c4cc5ccccc5c5ccccc45)n3)c2)c1.c1cncc(-c2cccc(-c3cc(-c4cccc(-c5ccc6ccccc6c5)c4)nc(-c4ccc5c6ccccc6c6ccccc6c5c4)n3)c2)c1. The van der Waals surface area contributed by atoms with E-state index in [0.717, 1.165) is 139 Å². The first-order valence-corrected chi connectivity index (χ1v) is 46.7. The van der Waals surface area contributed by atoms with Crippen LogP contribution < -0.4 is 0 Å². The maximum absolute atomic E-state index is 8.62. The summed E-state index contributed by atoms with van der Waals surface area (Å²) in [6, 6.07) is 155. The van der Waals surface area contributed by atoms with E-state index in [4.69, 9.17) is 36.8 Å². The van der Waals surface area contributed by atoms with Crippen LogP contribution in [0.2, 0.25) is 0 Å². The summed E-state index contributed by atoms with van der Waals surface area (Å²) in [6.45, 7) is 0. The van der Waals surface area contributed by atoms with E-state index >= 15 is 0 Å². The largest absolute Gasteiger partial charge is 0.264 e. The Morgan fingerprint density at radius 2 is 0.407 bits per heavy atom. The molecule has 0 N–H and O–H groups in total. The number of aromatic nitrogens is 9. The van der Waals surface area contributed by atoms with E-state index < -0.39 is 18.1 Å². The molecule has 6 aromatic heterocycles. The Morgan fingerprint density at radius 3 is 0.764 bits per heavy atom. The molecule has 0 aliphatic carbocycles. The minimum Gasteiger partial charge on any atom is -0.264 e. The monoisotopic (exact) mass is 1790 g/mol. The van der Waals surface area contributed by atoms with Gasteiger partial charge in [-0.2, -0.15) is 0 Å². The minimum atomic E-state index is -0.461. The molecule has 0 aliphatic heterocycles. The van der Waals surface area contributed by atoms with Crippen molar-refractivity contribution in [3.63, 3.8) is 0 Å². The summed E-state index contributed by atoms with van der Waals surface area (Å²) in [5.74, 6) is 1.45. The normalized spacial score (nSPS) is 11.8. The van der Waals surface area contributed by atoms with Crippen LogP contribution in [0, 0.1) is 0 Å². The number of nitrogens with zero attached hydrogens (tertiary/aromatic N) is 9. The van der Waals surface area contributed by atoms with Gasteiger partial charge in [0.05, 0.1) is 41.0 Å². The van der Waals surface area contributed by atoms with Gasteiger partial charge in [-0.1, -0.05) is 376 Å². The molecule has 654 valence electrons. The Bertz CT molecular complexity index is 9500. The average molecular weight is 1790 g/mol. The molecule has 0 amide bonds. The molecule has 26 rings (SSSR count).